The van der Waals surface area contributed by atoms with E-state index in [9.17, 15) is 4.79 Å². The summed E-state index contributed by atoms with van der Waals surface area (Å²) < 4.78 is 0. The van der Waals surface area contributed by atoms with E-state index in [0.29, 0.717) is 13.0 Å². The van der Waals surface area contributed by atoms with E-state index in [1.807, 2.05) is 24.4 Å². The first-order valence-electron chi connectivity index (χ1n) is 5.91. The molecule has 0 bridgehead atoms. The van der Waals surface area contributed by atoms with Gasteiger partial charge in [0.05, 0.1) is 12.2 Å². The van der Waals surface area contributed by atoms with Crippen LogP contribution in [0.2, 0.25) is 0 Å². The molecule has 0 aromatic carbocycles. The summed E-state index contributed by atoms with van der Waals surface area (Å²) in [5, 5.41) is 5.76. The second-order valence-electron chi connectivity index (χ2n) is 3.89. The van der Waals surface area contributed by atoms with Gasteiger partial charge in [-0.15, -0.1) is 11.3 Å². The van der Waals surface area contributed by atoms with Crippen LogP contribution in [0.3, 0.4) is 0 Å². The second-order valence-corrected chi connectivity index (χ2v) is 4.84. The third kappa shape index (κ3) is 3.37. The SMILES string of the molecule is CCCC(=O)NCc1nc(-c2cccnc2)cs1. The van der Waals surface area contributed by atoms with Crippen molar-refractivity contribution < 1.29 is 4.79 Å². The van der Waals surface area contributed by atoms with Gasteiger partial charge in [0, 0.05) is 29.8 Å². The van der Waals surface area contributed by atoms with Crippen LogP contribution in [0.4, 0.5) is 0 Å². The van der Waals surface area contributed by atoms with Crippen LogP contribution in [-0.2, 0) is 11.3 Å². The quantitative estimate of drug-likeness (QED) is 0.900. The molecule has 0 saturated heterocycles. The van der Waals surface area contributed by atoms with Crippen LogP contribution in [0, 0.1) is 0 Å². The molecule has 0 spiro atoms. The molecule has 2 aromatic heterocycles. The van der Waals surface area contributed by atoms with Crippen molar-refractivity contribution in [2.45, 2.75) is 26.3 Å². The molecule has 2 aromatic rings. The molecule has 0 aliphatic rings. The first-order chi connectivity index (χ1) is 8.79. The van der Waals surface area contributed by atoms with Gasteiger partial charge in [-0.2, -0.15) is 0 Å². The molecule has 94 valence electrons. The van der Waals surface area contributed by atoms with Gasteiger partial charge >= 0.3 is 0 Å². The molecule has 0 aliphatic heterocycles. The van der Waals surface area contributed by atoms with Crippen molar-refractivity contribution in [3.05, 3.63) is 34.9 Å². The van der Waals surface area contributed by atoms with Crippen molar-refractivity contribution in [2.75, 3.05) is 0 Å². The number of hydrogen-bond acceptors (Lipinski definition) is 4. The maximum absolute atomic E-state index is 11.3. The number of hydrogen-bond donors (Lipinski definition) is 1. The van der Waals surface area contributed by atoms with Gasteiger partial charge in [0.15, 0.2) is 0 Å². The smallest absolute Gasteiger partial charge is 0.220 e. The second kappa shape index (κ2) is 6.26. The van der Waals surface area contributed by atoms with Gasteiger partial charge in [0.2, 0.25) is 5.91 Å². The minimum Gasteiger partial charge on any atom is -0.350 e. The predicted molar refractivity (Wildman–Crippen MR) is 72.1 cm³/mol. The fourth-order valence-electron chi connectivity index (χ4n) is 1.53. The van der Waals surface area contributed by atoms with Crippen molar-refractivity contribution in [2.24, 2.45) is 0 Å². The molecular formula is C13H15N3OS. The monoisotopic (exact) mass is 261 g/mol. The fourth-order valence-corrected chi connectivity index (χ4v) is 2.27. The Morgan fingerprint density at radius 3 is 3.11 bits per heavy atom. The Bertz CT molecular complexity index is 510. The van der Waals surface area contributed by atoms with Crippen LogP contribution in [0.25, 0.3) is 11.3 Å². The zero-order valence-corrected chi connectivity index (χ0v) is 11.0. The Labute approximate surface area is 110 Å². The lowest BCUT2D eigenvalue weighted by Crippen LogP contribution is -2.21. The summed E-state index contributed by atoms with van der Waals surface area (Å²) in [4.78, 5) is 19.9. The van der Waals surface area contributed by atoms with E-state index < -0.39 is 0 Å². The number of nitrogens with one attached hydrogen (secondary N) is 1. The average Bonchev–Trinajstić information content (AvgIpc) is 2.87. The van der Waals surface area contributed by atoms with E-state index in [0.717, 1.165) is 22.7 Å². The predicted octanol–water partition coefficient (Wildman–Crippen LogP) is 2.62. The zero-order valence-electron chi connectivity index (χ0n) is 10.2. The standard InChI is InChI=1S/C13H15N3OS/c1-2-4-12(17)15-8-13-16-11(9-18-13)10-5-3-6-14-7-10/h3,5-7,9H,2,4,8H2,1H3,(H,15,17). The van der Waals surface area contributed by atoms with E-state index in [-0.39, 0.29) is 5.91 Å². The van der Waals surface area contributed by atoms with Gasteiger partial charge in [-0.05, 0) is 18.6 Å². The van der Waals surface area contributed by atoms with E-state index in [2.05, 4.69) is 15.3 Å². The van der Waals surface area contributed by atoms with E-state index >= 15 is 0 Å². The summed E-state index contributed by atoms with van der Waals surface area (Å²) in [7, 11) is 0. The molecule has 1 amide bonds. The molecule has 2 heterocycles. The molecule has 4 nitrogen and oxygen atoms in total. The van der Waals surface area contributed by atoms with Gasteiger partial charge in [0.25, 0.3) is 0 Å². The van der Waals surface area contributed by atoms with Gasteiger partial charge in [-0.3, -0.25) is 9.78 Å². The van der Waals surface area contributed by atoms with Crippen LogP contribution in [0.15, 0.2) is 29.9 Å². The molecule has 0 unspecified atom stereocenters. The molecule has 18 heavy (non-hydrogen) atoms. The molecule has 0 atom stereocenters. The van der Waals surface area contributed by atoms with Crippen LogP contribution in [0.5, 0.6) is 0 Å². The maximum Gasteiger partial charge on any atom is 0.220 e. The first kappa shape index (κ1) is 12.7. The summed E-state index contributed by atoms with van der Waals surface area (Å²) in [5.74, 6) is 0.0793. The molecule has 0 radical (unpaired) electrons. The Hall–Kier alpha value is -1.75. The van der Waals surface area contributed by atoms with E-state index in [4.69, 9.17) is 0 Å². The molecule has 1 N–H and O–H groups in total. The van der Waals surface area contributed by atoms with Crippen molar-refractivity contribution in [3.8, 4) is 11.3 Å². The van der Waals surface area contributed by atoms with Gasteiger partial charge in [-0.25, -0.2) is 4.98 Å². The molecule has 0 saturated carbocycles. The van der Waals surface area contributed by atoms with Crippen LogP contribution < -0.4 is 5.32 Å². The number of amides is 1. The summed E-state index contributed by atoms with van der Waals surface area (Å²) in [6, 6.07) is 3.86. The summed E-state index contributed by atoms with van der Waals surface area (Å²) in [6.45, 7) is 2.49. The highest BCUT2D eigenvalue weighted by Gasteiger charge is 2.05. The van der Waals surface area contributed by atoms with Crippen molar-refractivity contribution >= 4 is 17.2 Å². The third-order valence-electron chi connectivity index (χ3n) is 2.42. The zero-order chi connectivity index (χ0) is 12.8. The van der Waals surface area contributed by atoms with E-state index in [1.54, 1.807) is 23.7 Å². The number of pyridine rings is 1. The van der Waals surface area contributed by atoms with Crippen LogP contribution in [-0.4, -0.2) is 15.9 Å². The summed E-state index contributed by atoms with van der Waals surface area (Å²) in [6.07, 6.45) is 4.96. The lowest BCUT2D eigenvalue weighted by molar-refractivity contribution is -0.121. The highest BCUT2D eigenvalue weighted by molar-refractivity contribution is 7.09. The fraction of sp³-hybridized carbons (Fsp3) is 0.308. The Morgan fingerprint density at radius 2 is 2.39 bits per heavy atom. The largest absolute Gasteiger partial charge is 0.350 e. The highest BCUT2D eigenvalue weighted by Crippen LogP contribution is 2.20. The molecule has 5 heteroatoms. The van der Waals surface area contributed by atoms with Crippen molar-refractivity contribution in [1.82, 2.24) is 15.3 Å². The molecule has 0 aliphatic carbocycles. The third-order valence-corrected chi connectivity index (χ3v) is 3.27. The van der Waals surface area contributed by atoms with E-state index in [1.165, 1.54) is 0 Å². The van der Waals surface area contributed by atoms with Gasteiger partial charge in [0.1, 0.15) is 5.01 Å². The topological polar surface area (TPSA) is 54.9 Å². The number of carbonyl (C=O) groups is 1. The number of carbonyl (C=O) groups excluding carboxylic acids is 1. The number of aromatic nitrogens is 2. The number of thiazole rings is 1. The van der Waals surface area contributed by atoms with Crippen LogP contribution in [0.1, 0.15) is 24.8 Å². The first-order valence-corrected chi connectivity index (χ1v) is 6.79. The maximum atomic E-state index is 11.3. The van der Waals surface area contributed by atoms with Crippen molar-refractivity contribution in [3.63, 3.8) is 0 Å². The van der Waals surface area contributed by atoms with Crippen LogP contribution >= 0.6 is 11.3 Å². The normalized spacial score (nSPS) is 10.3. The molecular weight excluding hydrogens is 246 g/mol. The average molecular weight is 261 g/mol. The molecule has 0 fully saturated rings. The Balaban J connectivity index is 1.97. The molecule has 2 rings (SSSR count). The number of nitrogens with zero attached hydrogens (tertiary/aromatic N) is 2. The lowest BCUT2D eigenvalue weighted by atomic mass is 10.2. The Kier molecular flexibility index (Phi) is 4.41. The number of rotatable bonds is 5. The summed E-state index contributed by atoms with van der Waals surface area (Å²) >= 11 is 1.55. The van der Waals surface area contributed by atoms with Crippen molar-refractivity contribution in [1.29, 1.82) is 0 Å². The minimum absolute atomic E-state index is 0.0793. The summed E-state index contributed by atoms with van der Waals surface area (Å²) in [5.41, 5.74) is 1.91. The Morgan fingerprint density at radius 1 is 1.50 bits per heavy atom. The van der Waals surface area contributed by atoms with Gasteiger partial charge < -0.3 is 5.32 Å². The highest BCUT2D eigenvalue weighted by atomic mass is 32.1. The van der Waals surface area contributed by atoms with Gasteiger partial charge in [-0.1, -0.05) is 6.92 Å². The minimum atomic E-state index is 0.0793. The lowest BCUT2D eigenvalue weighted by Gasteiger charge is -2.00.